The molecule has 0 fully saturated rings. The predicted octanol–water partition coefficient (Wildman–Crippen LogP) is 8.62. The second-order valence-electron chi connectivity index (χ2n) is 10.3. The summed E-state index contributed by atoms with van der Waals surface area (Å²) in [4.78, 5) is 14.8. The number of nitriles is 1. The minimum absolute atomic E-state index is 0.0125. The Morgan fingerprint density at radius 1 is 1.14 bits per heavy atom. The number of hydrogen-bond donors (Lipinski definition) is 1. The highest BCUT2D eigenvalue weighted by Crippen LogP contribution is 2.50. The molecule has 0 saturated carbocycles. The van der Waals surface area contributed by atoms with E-state index in [1.54, 1.807) is 0 Å². The van der Waals surface area contributed by atoms with Gasteiger partial charge in [-0.15, -0.1) is 0 Å². The van der Waals surface area contributed by atoms with Crippen LogP contribution < -0.4 is 15.4 Å². The van der Waals surface area contributed by atoms with E-state index < -0.39 is 17.7 Å². The molecule has 10 heteroatoms. The summed E-state index contributed by atoms with van der Waals surface area (Å²) in [5.41, 5.74) is 9.20. The highest BCUT2D eigenvalue weighted by atomic mass is 79.9. The molecule has 1 heterocycles. The molecule has 5 nitrogen and oxygen atoms in total. The van der Waals surface area contributed by atoms with Gasteiger partial charge in [0.15, 0.2) is 5.78 Å². The Kier molecular flexibility index (Phi) is 8.15. The number of rotatable bonds is 5. The second kappa shape index (κ2) is 11.5. The van der Waals surface area contributed by atoms with E-state index in [0.29, 0.717) is 35.4 Å². The first-order valence-corrected chi connectivity index (χ1v) is 14.4. The van der Waals surface area contributed by atoms with Crippen molar-refractivity contribution in [3.63, 3.8) is 0 Å². The summed E-state index contributed by atoms with van der Waals surface area (Å²) >= 11 is 9.43. The van der Waals surface area contributed by atoms with E-state index in [4.69, 9.17) is 22.1 Å². The fourth-order valence-corrected chi connectivity index (χ4v) is 6.30. The molecule has 3 aromatic rings. The number of ether oxygens (including phenoxy) is 1. The minimum Gasteiger partial charge on any atom is -0.488 e. The van der Waals surface area contributed by atoms with Gasteiger partial charge < -0.3 is 10.5 Å². The molecule has 0 radical (unpaired) electrons. The van der Waals surface area contributed by atoms with Crippen molar-refractivity contribution in [1.82, 2.24) is 0 Å². The number of nitrogens with two attached hydrogens (primary N) is 1. The Balaban J connectivity index is 1.69. The van der Waals surface area contributed by atoms with E-state index in [-0.39, 0.29) is 40.9 Å². The molecule has 42 heavy (non-hydrogen) atoms. The summed E-state index contributed by atoms with van der Waals surface area (Å²) < 4.78 is 49.4. The van der Waals surface area contributed by atoms with Crippen molar-refractivity contribution >= 4 is 39.0 Å². The van der Waals surface area contributed by atoms with E-state index in [1.165, 1.54) is 17.0 Å². The molecule has 2 N–H and O–H groups in total. The van der Waals surface area contributed by atoms with Gasteiger partial charge in [-0.05, 0) is 89.6 Å². The maximum Gasteiger partial charge on any atom is 0.418 e. The van der Waals surface area contributed by atoms with Crippen LogP contribution in [0.2, 0.25) is 5.02 Å². The molecule has 0 bridgehead atoms. The number of aryl methyl sites for hydroxylation is 1. The maximum absolute atomic E-state index is 14.2. The van der Waals surface area contributed by atoms with Crippen molar-refractivity contribution in [1.29, 1.82) is 5.26 Å². The van der Waals surface area contributed by atoms with Crippen LogP contribution in [0.5, 0.6) is 5.75 Å². The van der Waals surface area contributed by atoms with Crippen molar-refractivity contribution in [2.75, 3.05) is 4.90 Å². The van der Waals surface area contributed by atoms with E-state index in [2.05, 4.69) is 22.0 Å². The van der Waals surface area contributed by atoms with E-state index in [1.807, 2.05) is 50.2 Å². The molecule has 1 atom stereocenters. The van der Waals surface area contributed by atoms with Crippen LogP contribution in [0.15, 0.2) is 81.7 Å². The molecule has 2 aliphatic rings. The number of anilines is 1. The Bertz CT molecular complexity index is 1710. The van der Waals surface area contributed by atoms with Crippen molar-refractivity contribution in [2.45, 2.75) is 51.8 Å². The van der Waals surface area contributed by atoms with Gasteiger partial charge in [0.25, 0.3) is 0 Å². The Morgan fingerprint density at radius 2 is 1.88 bits per heavy atom. The van der Waals surface area contributed by atoms with Crippen molar-refractivity contribution < 1.29 is 22.7 Å². The van der Waals surface area contributed by atoms with Crippen LogP contribution in [0.25, 0.3) is 0 Å². The van der Waals surface area contributed by atoms with Gasteiger partial charge in [0.1, 0.15) is 18.2 Å². The predicted molar refractivity (Wildman–Crippen MR) is 159 cm³/mol. The van der Waals surface area contributed by atoms with Crippen molar-refractivity contribution in [2.24, 2.45) is 5.73 Å². The third kappa shape index (κ3) is 5.41. The zero-order chi connectivity index (χ0) is 30.3. The van der Waals surface area contributed by atoms with Crippen LogP contribution in [0, 0.1) is 25.2 Å². The van der Waals surface area contributed by atoms with E-state index in [0.717, 1.165) is 27.2 Å². The number of allylic oxidation sites excluding steroid dienone is 3. The highest BCUT2D eigenvalue weighted by Gasteiger charge is 2.44. The number of Topliss-reactive ketones (excluding diaryl/α,β-unsaturated/α-hetero) is 1. The zero-order valence-electron chi connectivity index (χ0n) is 22.8. The highest BCUT2D eigenvalue weighted by molar-refractivity contribution is 9.10. The topological polar surface area (TPSA) is 79.3 Å². The summed E-state index contributed by atoms with van der Waals surface area (Å²) in [6, 6.07) is 16.9. The number of carbonyl (C=O) groups is 1. The molecule has 1 aliphatic carbocycles. The molecule has 1 unspecified atom stereocenters. The lowest BCUT2D eigenvalue weighted by atomic mass is 9.73. The van der Waals surface area contributed by atoms with Gasteiger partial charge in [-0.25, -0.2) is 0 Å². The van der Waals surface area contributed by atoms with Crippen LogP contribution in [0.4, 0.5) is 18.9 Å². The quantitative estimate of drug-likeness (QED) is 0.298. The summed E-state index contributed by atoms with van der Waals surface area (Å²) in [5, 5.41) is 10.3. The van der Waals surface area contributed by atoms with Crippen LogP contribution in [0.3, 0.4) is 0 Å². The lowest BCUT2D eigenvalue weighted by Gasteiger charge is -2.41. The molecule has 5 rings (SSSR count). The van der Waals surface area contributed by atoms with Gasteiger partial charge in [0.05, 0.1) is 33.3 Å². The normalized spacial score (nSPS) is 17.3. The van der Waals surface area contributed by atoms with Gasteiger partial charge in [-0.3, -0.25) is 9.69 Å². The summed E-state index contributed by atoms with van der Waals surface area (Å²) in [5.74, 6) is -0.541. The minimum atomic E-state index is -4.75. The van der Waals surface area contributed by atoms with Crippen LogP contribution in [-0.2, 0) is 17.6 Å². The molecule has 0 amide bonds. The van der Waals surface area contributed by atoms with Crippen molar-refractivity contribution in [3.05, 3.63) is 115 Å². The lowest BCUT2D eigenvalue weighted by molar-refractivity contribution is -0.137. The SMILES string of the molecule is Cc1cc(COc2ccccc2Br)c(C)c(C2C(C#N)=C(N)N(c3ccc(Cl)cc3C(F)(F)F)C3=C2C(=O)CCC3)c1. The summed E-state index contributed by atoms with van der Waals surface area (Å²) in [6.07, 6.45) is -3.76. The molecular weight excluding hydrogens is 631 g/mol. The number of hydrogen-bond acceptors (Lipinski definition) is 5. The van der Waals surface area contributed by atoms with Gasteiger partial charge in [-0.1, -0.05) is 41.4 Å². The Labute approximate surface area is 255 Å². The number of halogens is 5. The monoisotopic (exact) mass is 655 g/mol. The first-order valence-electron chi connectivity index (χ1n) is 13.2. The average Bonchev–Trinajstić information content (AvgIpc) is 2.93. The molecular formula is C32H26BrClF3N3O2. The third-order valence-electron chi connectivity index (χ3n) is 7.65. The number of nitrogens with zero attached hydrogens (tertiary/aromatic N) is 2. The molecule has 0 aromatic heterocycles. The third-order valence-corrected chi connectivity index (χ3v) is 8.54. The fourth-order valence-electron chi connectivity index (χ4n) is 5.73. The van der Waals surface area contributed by atoms with Gasteiger partial charge in [-0.2, -0.15) is 18.4 Å². The lowest BCUT2D eigenvalue weighted by Crippen LogP contribution is -2.39. The molecule has 0 spiro atoms. The number of alkyl halides is 3. The summed E-state index contributed by atoms with van der Waals surface area (Å²) in [7, 11) is 0. The van der Waals surface area contributed by atoms with Gasteiger partial charge in [0.2, 0.25) is 0 Å². The number of para-hydroxylation sites is 1. The smallest absolute Gasteiger partial charge is 0.418 e. The fraction of sp³-hybridized carbons (Fsp3) is 0.250. The largest absolute Gasteiger partial charge is 0.488 e. The molecule has 216 valence electrons. The van der Waals surface area contributed by atoms with E-state index >= 15 is 0 Å². The number of carbonyl (C=O) groups excluding carboxylic acids is 1. The van der Waals surface area contributed by atoms with Crippen LogP contribution in [-0.4, -0.2) is 5.78 Å². The van der Waals surface area contributed by atoms with Gasteiger partial charge >= 0.3 is 6.18 Å². The maximum atomic E-state index is 14.2. The Hall–Kier alpha value is -3.74. The first kappa shape index (κ1) is 29.7. The van der Waals surface area contributed by atoms with Gasteiger partial charge in [0, 0.05) is 22.7 Å². The Morgan fingerprint density at radius 3 is 2.57 bits per heavy atom. The van der Waals surface area contributed by atoms with Crippen LogP contribution >= 0.6 is 27.5 Å². The first-order chi connectivity index (χ1) is 19.9. The number of ketones is 1. The molecule has 3 aromatic carbocycles. The number of benzene rings is 3. The second-order valence-corrected chi connectivity index (χ2v) is 11.6. The van der Waals surface area contributed by atoms with Crippen LogP contribution in [0.1, 0.15) is 53.0 Å². The molecule has 0 saturated heterocycles. The average molecular weight is 657 g/mol. The molecule has 1 aliphatic heterocycles. The summed E-state index contributed by atoms with van der Waals surface area (Å²) in [6.45, 7) is 4.02. The van der Waals surface area contributed by atoms with Crippen molar-refractivity contribution in [3.8, 4) is 11.8 Å². The standard InChI is InChI=1S/C32H26BrClF3N3O2/c1-17-12-19(16-42-28-9-4-3-6-24(28)33)18(2)21(13-17)29-22(15-38)31(39)40(26-7-5-8-27(41)30(26)29)25-11-10-20(34)14-23(25)32(35,36)37/h3-4,6,9-14,29H,5,7-8,16,39H2,1-2H3. The zero-order valence-corrected chi connectivity index (χ0v) is 25.1. The van der Waals surface area contributed by atoms with E-state index in [9.17, 15) is 23.2 Å².